The van der Waals surface area contributed by atoms with Gasteiger partial charge in [-0.15, -0.1) is 0 Å². The van der Waals surface area contributed by atoms with Gasteiger partial charge in [-0.25, -0.2) is 16.8 Å². The highest BCUT2D eigenvalue weighted by molar-refractivity contribution is 7.92. The Morgan fingerprint density at radius 3 is 2.26 bits per heavy atom. The zero-order chi connectivity index (χ0) is 25.1. The summed E-state index contributed by atoms with van der Waals surface area (Å²) < 4.78 is 64.5. The Hall–Kier alpha value is -2.83. The minimum Gasteiger partial charge on any atom is -0.454 e. The van der Waals surface area contributed by atoms with E-state index in [1.165, 1.54) is 41.6 Å². The summed E-state index contributed by atoms with van der Waals surface area (Å²) in [7, 11) is -7.37. The Morgan fingerprint density at radius 2 is 1.60 bits per heavy atom. The summed E-state index contributed by atoms with van der Waals surface area (Å²) in [6.07, 6.45) is 3.73. The number of benzene rings is 2. The summed E-state index contributed by atoms with van der Waals surface area (Å²) in [5, 5.41) is 2.65. The monoisotopic (exact) mass is 523 g/mol. The Bertz CT molecular complexity index is 1270. The van der Waals surface area contributed by atoms with Crippen LogP contribution in [0.15, 0.2) is 47.4 Å². The van der Waals surface area contributed by atoms with Gasteiger partial charge < -0.3 is 14.8 Å². The second-order valence-electron chi connectivity index (χ2n) is 8.34. The van der Waals surface area contributed by atoms with Crippen molar-refractivity contribution in [1.82, 2.24) is 4.31 Å². The lowest BCUT2D eigenvalue weighted by Crippen LogP contribution is -2.39. The van der Waals surface area contributed by atoms with Gasteiger partial charge in [0, 0.05) is 24.8 Å². The van der Waals surface area contributed by atoms with Gasteiger partial charge in [-0.1, -0.05) is 12.8 Å². The van der Waals surface area contributed by atoms with Gasteiger partial charge in [0.1, 0.15) is 6.54 Å². The van der Waals surface area contributed by atoms with Crippen LogP contribution in [-0.4, -0.2) is 59.2 Å². The van der Waals surface area contributed by atoms with Crippen LogP contribution in [0.5, 0.6) is 11.5 Å². The van der Waals surface area contributed by atoms with Crippen molar-refractivity contribution in [3.8, 4) is 11.5 Å². The summed E-state index contributed by atoms with van der Waals surface area (Å²) in [4.78, 5) is 12.9. The molecule has 0 spiro atoms. The number of amides is 1. The molecule has 2 heterocycles. The maximum atomic E-state index is 12.9. The van der Waals surface area contributed by atoms with Crippen LogP contribution in [0.25, 0.3) is 0 Å². The van der Waals surface area contributed by atoms with Crippen LogP contribution in [0.1, 0.15) is 32.6 Å². The van der Waals surface area contributed by atoms with Gasteiger partial charge in [0.15, 0.2) is 11.5 Å². The standard InChI is InChI=1S/C23H29N3O7S2/c1-2-34(28,29)26(19-9-12-21-22(15-19)33-17-32-21)16-23(27)24-18-7-10-20(11-8-18)35(30,31)25-13-5-3-4-6-14-25/h7-12,15H,2-6,13-14,16-17H2,1H3,(H,24,27). The molecule has 2 aliphatic heterocycles. The third-order valence-corrected chi connectivity index (χ3v) is 9.63. The summed E-state index contributed by atoms with van der Waals surface area (Å²) >= 11 is 0. The molecule has 1 fully saturated rings. The fourth-order valence-electron chi connectivity index (χ4n) is 4.02. The molecule has 1 amide bonds. The summed E-state index contributed by atoms with van der Waals surface area (Å²) in [5.41, 5.74) is 0.648. The van der Waals surface area contributed by atoms with E-state index in [4.69, 9.17) is 9.47 Å². The molecule has 35 heavy (non-hydrogen) atoms. The van der Waals surface area contributed by atoms with Crippen molar-refractivity contribution in [2.24, 2.45) is 0 Å². The van der Waals surface area contributed by atoms with Gasteiger partial charge in [-0.05, 0) is 56.2 Å². The molecule has 1 N–H and O–H groups in total. The highest BCUT2D eigenvalue weighted by Crippen LogP contribution is 2.36. The van der Waals surface area contributed by atoms with Crippen molar-refractivity contribution in [2.45, 2.75) is 37.5 Å². The van der Waals surface area contributed by atoms with Crippen LogP contribution in [0, 0.1) is 0 Å². The molecular weight excluding hydrogens is 494 g/mol. The van der Waals surface area contributed by atoms with Crippen molar-refractivity contribution in [2.75, 3.05) is 41.8 Å². The number of rotatable bonds is 8. The van der Waals surface area contributed by atoms with Crippen molar-refractivity contribution in [3.63, 3.8) is 0 Å². The van der Waals surface area contributed by atoms with Gasteiger partial charge in [-0.2, -0.15) is 4.31 Å². The second-order valence-corrected chi connectivity index (χ2v) is 12.5. The Labute approximate surface area is 205 Å². The van der Waals surface area contributed by atoms with E-state index in [0.29, 0.717) is 30.3 Å². The average Bonchev–Trinajstić information content (AvgIpc) is 3.13. The van der Waals surface area contributed by atoms with E-state index in [0.717, 1.165) is 30.0 Å². The summed E-state index contributed by atoms with van der Waals surface area (Å²) in [6.45, 7) is 2.09. The zero-order valence-electron chi connectivity index (χ0n) is 19.5. The lowest BCUT2D eigenvalue weighted by molar-refractivity contribution is -0.114. The number of anilines is 2. The largest absolute Gasteiger partial charge is 0.454 e. The maximum Gasteiger partial charge on any atom is 0.245 e. The summed E-state index contributed by atoms with van der Waals surface area (Å²) in [6, 6.07) is 10.6. The van der Waals surface area contributed by atoms with Crippen LogP contribution >= 0.6 is 0 Å². The van der Waals surface area contributed by atoms with Crippen molar-refractivity contribution in [1.29, 1.82) is 0 Å². The van der Waals surface area contributed by atoms with Gasteiger partial charge in [-0.3, -0.25) is 9.10 Å². The van der Waals surface area contributed by atoms with Gasteiger partial charge in [0.25, 0.3) is 0 Å². The molecule has 2 aromatic carbocycles. The highest BCUT2D eigenvalue weighted by atomic mass is 32.2. The fraction of sp³-hybridized carbons (Fsp3) is 0.435. The summed E-state index contributed by atoms with van der Waals surface area (Å²) in [5.74, 6) is 0.142. The van der Waals surface area contributed by atoms with Crippen LogP contribution in [0.2, 0.25) is 0 Å². The van der Waals surface area contributed by atoms with Crippen molar-refractivity contribution in [3.05, 3.63) is 42.5 Å². The van der Waals surface area contributed by atoms with E-state index >= 15 is 0 Å². The number of hydrogen-bond acceptors (Lipinski definition) is 7. The van der Waals surface area contributed by atoms with Crippen molar-refractivity contribution < 1.29 is 31.1 Å². The van der Waals surface area contributed by atoms with Gasteiger partial charge >= 0.3 is 0 Å². The van der Waals surface area contributed by atoms with Gasteiger partial charge in [0.05, 0.1) is 16.3 Å². The third-order valence-electron chi connectivity index (χ3n) is 5.97. The van der Waals surface area contributed by atoms with E-state index in [9.17, 15) is 21.6 Å². The first-order chi connectivity index (χ1) is 16.7. The molecule has 0 bridgehead atoms. The molecule has 0 aromatic heterocycles. The number of hydrogen-bond donors (Lipinski definition) is 1. The number of carbonyl (C=O) groups excluding carboxylic acids is 1. The lowest BCUT2D eigenvalue weighted by Gasteiger charge is -2.23. The SMILES string of the molecule is CCS(=O)(=O)N(CC(=O)Nc1ccc(S(=O)(=O)N2CCCCCC2)cc1)c1ccc2c(c1)OCO2. The van der Waals surface area contributed by atoms with Crippen LogP contribution in [0.3, 0.4) is 0 Å². The topological polar surface area (TPSA) is 122 Å². The first-order valence-corrected chi connectivity index (χ1v) is 14.6. The van der Waals surface area contributed by atoms with E-state index in [1.54, 1.807) is 12.1 Å². The second kappa shape index (κ2) is 10.4. The maximum absolute atomic E-state index is 12.9. The quantitative estimate of drug-likeness (QED) is 0.565. The lowest BCUT2D eigenvalue weighted by atomic mass is 10.2. The molecule has 0 unspecified atom stereocenters. The van der Waals surface area contributed by atoms with Crippen LogP contribution in [0.4, 0.5) is 11.4 Å². The van der Waals surface area contributed by atoms with Gasteiger partial charge in [0.2, 0.25) is 32.7 Å². The smallest absolute Gasteiger partial charge is 0.245 e. The number of fused-ring (bicyclic) bond motifs is 1. The Kier molecular flexibility index (Phi) is 7.53. The molecule has 2 aromatic rings. The van der Waals surface area contributed by atoms with E-state index in [1.807, 2.05) is 0 Å². The number of carbonyl (C=O) groups is 1. The molecule has 2 aliphatic rings. The fourth-order valence-corrected chi connectivity index (χ4v) is 6.60. The predicted molar refractivity (Wildman–Crippen MR) is 132 cm³/mol. The molecule has 0 radical (unpaired) electrons. The predicted octanol–water partition coefficient (Wildman–Crippen LogP) is 2.77. The minimum absolute atomic E-state index is 0.0449. The molecule has 1 saturated heterocycles. The molecule has 190 valence electrons. The third kappa shape index (κ3) is 5.71. The minimum atomic E-state index is -3.77. The molecule has 4 rings (SSSR count). The number of nitrogens with one attached hydrogen (secondary N) is 1. The van der Waals surface area contributed by atoms with Crippen molar-refractivity contribution >= 4 is 37.3 Å². The number of nitrogens with zero attached hydrogens (tertiary/aromatic N) is 2. The molecule has 0 atom stereocenters. The number of ether oxygens (including phenoxy) is 2. The molecule has 12 heteroatoms. The zero-order valence-corrected chi connectivity index (χ0v) is 21.1. The van der Waals surface area contributed by atoms with E-state index < -0.39 is 32.5 Å². The number of sulfonamides is 2. The average molecular weight is 524 g/mol. The highest BCUT2D eigenvalue weighted by Gasteiger charge is 2.27. The Balaban J connectivity index is 1.47. The normalized spacial score (nSPS) is 16.5. The first-order valence-electron chi connectivity index (χ1n) is 11.5. The van der Waals surface area contributed by atoms with Crippen LogP contribution in [-0.2, 0) is 24.8 Å². The van der Waals surface area contributed by atoms with Crippen LogP contribution < -0.4 is 19.1 Å². The first kappa shape index (κ1) is 25.3. The molecule has 10 nitrogen and oxygen atoms in total. The van der Waals surface area contributed by atoms with E-state index in [-0.39, 0.29) is 23.1 Å². The Morgan fingerprint density at radius 1 is 0.943 bits per heavy atom. The molecule has 0 saturated carbocycles. The van der Waals surface area contributed by atoms with E-state index in [2.05, 4.69) is 5.32 Å². The molecular formula is C23H29N3O7S2. The molecule has 0 aliphatic carbocycles.